The minimum absolute atomic E-state index is 0.0656. The molecule has 6 heteroatoms. The molecule has 3 rings (SSSR count). The second kappa shape index (κ2) is 5.67. The van der Waals surface area contributed by atoms with Gasteiger partial charge in [0.05, 0.1) is 12.0 Å². The van der Waals surface area contributed by atoms with Crippen LogP contribution in [-0.4, -0.2) is 30.7 Å². The number of ether oxygens (including phenoxy) is 1. The summed E-state index contributed by atoms with van der Waals surface area (Å²) in [6.45, 7) is 8.22. The van der Waals surface area contributed by atoms with Crippen LogP contribution in [-0.2, 0) is 9.16 Å². The Morgan fingerprint density at radius 3 is 2.48 bits per heavy atom. The highest BCUT2D eigenvalue weighted by Crippen LogP contribution is 2.58. The van der Waals surface area contributed by atoms with Crippen LogP contribution in [0.15, 0.2) is 12.2 Å². The van der Waals surface area contributed by atoms with Crippen molar-refractivity contribution < 1.29 is 14.1 Å². The van der Waals surface area contributed by atoms with Gasteiger partial charge in [-0.2, -0.15) is 0 Å². The average molecular weight is 340 g/mol. The van der Waals surface area contributed by atoms with Gasteiger partial charge in [-0.15, -0.1) is 0 Å². The quantitative estimate of drug-likeness (QED) is 0.334. The van der Waals surface area contributed by atoms with Crippen molar-refractivity contribution in [3.63, 3.8) is 0 Å². The minimum atomic E-state index is -2.00. The average Bonchev–Trinajstić information content (AvgIpc) is 2.88. The summed E-state index contributed by atoms with van der Waals surface area (Å²) in [4.78, 5) is 12.2. The first-order valence-electron chi connectivity index (χ1n) is 8.92. The molecule has 0 radical (unpaired) electrons. The van der Waals surface area contributed by atoms with Crippen molar-refractivity contribution in [2.75, 3.05) is 0 Å². The van der Waals surface area contributed by atoms with E-state index in [9.17, 15) is 10.1 Å². The molecule has 2 aliphatic carbocycles. The summed E-state index contributed by atoms with van der Waals surface area (Å²) in [5.74, 6) is -0.858. The highest BCUT2D eigenvalue weighted by molar-refractivity contribution is 6.69. The Hall–Kier alpha value is -0.723. The molecule has 130 valence electrons. The van der Waals surface area contributed by atoms with Gasteiger partial charge < -0.3 is 9.16 Å². The molecule has 4 atom stereocenters. The van der Waals surface area contributed by atoms with Crippen molar-refractivity contribution in [3.8, 4) is 0 Å². The van der Waals surface area contributed by atoms with Crippen LogP contribution >= 0.6 is 0 Å². The standard InChI is InChI=1S/C17H29NO4Si/c1-13-15(14-9-6-5-7-10-14)16(18(19)20)11-8-12-17(16,21-13)22-23(2,3)4/h8,12-15H,5-7,9-11H2,1-4H3/t13-,15+,16+,17+/m0/s1. The number of fused-ring (bicyclic) bond motifs is 1. The third-order valence-corrected chi connectivity index (χ3v) is 6.64. The third-order valence-electron chi connectivity index (χ3n) is 5.73. The molecule has 0 aromatic heterocycles. The maximum atomic E-state index is 12.3. The predicted octanol–water partition coefficient (Wildman–Crippen LogP) is 4.12. The fraction of sp³-hybridized carbons (Fsp3) is 0.882. The molecule has 0 aromatic rings. The molecule has 0 N–H and O–H groups in total. The summed E-state index contributed by atoms with van der Waals surface area (Å²) >= 11 is 0. The van der Waals surface area contributed by atoms with Crippen molar-refractivity contribution in [1.29, 1.82) is 0 Å². The highest BCUT2D eigenvalue weighted by Gasteiger charge is 2.76. The van der Waals surface area contributed by atoms with E-state index >= 15 is 0 Å². The van der Waals surface area contributed by atoms with E-state index < -0.39 is 19.6 Å². The van der Waals surface area contributed by atoms with Crippen LogP contribution in [0.3, 0.4) is 0 Å². The largest absolute Gasteiger partial charge is 0.382 e. The third kappa shape index (κ3) is 2.59. The van der Waals surface area contributed by atoms with Crippen LogP contribution in [0.5, 0.6) is 0 Å². The lowest BCUT2D eigenvalue weighted by Gasteiger charge is -2.40. The van der Waals surface area contributed by atoms with E-state index in [0.717, 1.165) is 12.8 Å². The molecule has 1 heterocycles. The summed E-state index contributed by atoms with van der Waals surface area (Å²) in [7, 11) is -2.00. The van der Waals surface area contributed by atoms with Gasteiger partial charge in [-0.3, -0.25) is 10.1 Å². The first-order chi connectivity index (χ1) is 10.7. The van der Waals surface area contributed by atoms with Gasteiger partial charge in [0.15, 0.2) is 8.32 Å². The maximum absolute atomic E-state index is 12.3. The smallest absolute Gasteiger partial charge is 0.286 e. The van der Waals surface area contributed by atoms with E-state index in [2.05, 4.69) is 19.6 Å². The fourth-order valence-corrected chi connectivity index (χ4v) is 6.32. The van der Waals surface area contributed by atoms with Gasteiger partial charge in [0.25, 0.3) is 11.3 Å². The zero-order chi connectivity index (χ0) is 16.9. The predicted molar refractivity (Wildman–Crippen MR) is 91.3 cm³/mol. The van der Waals surface area contributed by atoms with E-state index in [1.165, 1.54) is 19.3 Å². The zero-order valence-corrected chi connectivity index (χ0v) is 15.7. The Kier molecular flexibility index (Phi) is 4.22. The van der Waals surface area contributed by atoms with Gasteiger partial charge in [0, 0.05) is 11.3 Å². The van der Waals surface area contributed by atoms with Gasteiger partial charge >= 0.3 is 0 Å². The van der Waals surface area contributed by atoms with E-state index in [-0.39, 0.29) is 16.9 Å². The Morgan fingerprint density at radius 2 is 1.91 bits per heavy atom. The number of nitrogens with zero attached hydrogens (tertiary/aromatic N) is 1. The second-order valence-electron chi connectivity index (χ2n) is 8.42. The van der Waals surface area contributed by atoms with Crippen molar-refractivity contribution >= 4 is 8.32 Å². The summed E-state index contributed by atoms with van der Waals surface area (Å²) in [6.07, 6.45) is 9.80. The van der Waals surface area contributed by atoms with Gasteiger partial charge in [0.1, 0.15) is 0 Å². The van der Waals surface area contributed by atoms with Crippen LogP contribution in [0.2, 0.25) is 19.6 Å². The zero-order valence-electron chi connectivity index (χ0n) is 14.7. The molecule has 5 nitrogen and oxygen atoms in total. The molecular weight excluding hydrogens is 310 g/mol. The first-order valence-corrected chi connectivity index (χ1v) is 12.3. The van der Waals surface area contributed by atoms with E-state index in [1.807, 2.05) is 19.1 Å². The summed E-state index contributed by atoms with van der Waals surface area (Å²) in [5.41, 5.74) is -1.14. The van der Waals surface area contributed by atoms with Crippen molar-refractivity contribution in [2.45, 2.75) is 82.5 Å². The Labute approximate surface area is 139 Å². The lowest BCUT2D eigenvalue weighted by Crippen LogP contribution is -2.61. The monoisotopic (exact) mass is 339 g/mol. The molecule has 0 bridgehead atoms. The highest BCUT2D eigenvalue weighted by atomic mass is 28.4. The number of nitro groups is 1. The van der Waals surface area contributed by atoms with Crippen molar-refractivity contribution in [2.24, 2.45) is 11.8 Å². The molecule has 1 saturated carbocycles. The van der Waals surface area contributed by atoms with E-state index in [1.54, 1.807) is 0 Å². The molecule has 0 unspecified atom stereocenters. The van der Waals surface area contributed by atoms with Gasteiger partial charge in [-0.05, 0) is 51.4 Å². The van der Waals surface area contributed by atoms with Crippen molar-refractivity contribution in [3.05, 3.63) is 22.3 Å². The number of hydrogen-bond acceptors (Lipinski definition) is 4. The lowest BCUT2D eigenvalue weighted by molar-refractivity contribution is -0.601. The summed E-state index contributed by atoms with van der Waals surface area (Å²) in [6, 6.07) is 0. The molecule has 0 spiro atoms. The van der Waals surface area contributed by atoms with Crippen LogP contribution in [0.25, 0.3) is 0 Å². The van der Waals surface area contributed by atoms with Gasteiger partial charge in [-0.25, -0.2) is 0 Å². The van der Waals surface area contributed by atoms with Crippen LogP contribution in [0, 0.1) is 22.0 Å². The summed E-state index contributed by atoms with van der Waals surface area (Å²) in [5, 5.41) is 12.3. The fourth-order valence-electron chi connectivity index (χ4n) is 5.12. The number of hydrogen-bond donors (Lipinski definition) is 0. The normalized spacial score (nSPS) is 41.2. The molecule has 0 aromatic carbocycles. The molecule has 2 fully saturated rings. The maximum Gasteiger partial charge on any atom is 0.286 e. The molecule has 3 aliphatic rings. The molecule has 1 aliphatic heterocycles. The van der Waals surface area contributed by atoms with Crippen LogP contribution < -0.4 is 0 Å². The van der Waals surface area contributed by atoms with E-state index in [0.29, 0.717) is 12.3 Å². The summed E-state index contributed by atoms with van der Waals surface area (Å²) < 4.78 is 12.6. The van der Waals surface area contributed by atoms with Crippen LogP contribution in [0.1, 0.15) is 45.4 Å². The Morgan fingerprint density at radius 1 is 1.26 bits per heavy atom. The molecule has 0 amide bonds. The SMILES string of the molecule is C[C@@H]1O[C@@]2(O[Si](C)(C)C)C=CC[C@@]2([N+](=O)[O-])[C@H]1C1CCCCC1. The number of rotatable bonds is 4. The van der Waals surface area contributed by atoms with Crippen molar-refractivity contribution in [1.82, 2.24) is 0 Å². The molecule has 23 heavy (non-hydrogen) atoms. The van der Waals surface area contributed by atoms with Gasteiger partial charge in [-0.1, -0.05) is 25.3 Å². The van der Waals surface area contributed by atoms with Crippen LogP contribution in [0.4, 0.5) is 0 Å². The topological polar surface area (TPSA) is 61.6 Å². The minimum Gasteiger partial charge on any atom is -0.382 e. The Balaban J connectivity index is 2.03. The first kappa shape index (κ1) is 17.1. The lowest BCUT2D eigenvalue weighted by atomic mass is 9.67. The Bertz CT molecular complexity index is 511. The second-order valence-corrected chi connectivity index (χ2v) is 12.8. The van der Waals surface area contributed by atoms with Gasteiger partial charge in [0.2, 0.25) is 0 Å². The van der Waals surface area contributed by atoms with E-state index in [4.69, 9.17) is 9.16 Å². The molecule has 1 saturated heterocycles. The molecular formula is C17H29NO4Si.